The van der Waals surface area contributed by atoms with Crippen molar-refractivity contribution in [3.63, 3.8) is 0 Å². The molecule has 0 unspecified atom stereocenters. The van der Waals surface area contributed by atoms with Crippen LogP contribution in [0.25, 0.3) is 34.2 Å². The third-order valence-corrected chi connectivity index (χ3v) is 4.95. The average molecular weight is 468 g/mol. The molecule has 4 aromatic heterocycles. The highest BCUT2D eigenvalue weighted by Gasteiger charge is 2.30. The number of benzene rings is 1. The van der Waals surface area contributed by atoms with Gasteiger partial charge in [0.15, 0.2) is 5.82 Å². The fourth-order valence-corrected chi connectivity index (χ4v) is 3.19. The number of hydrogen-bond acceptors (Lipinski definition) is 8. The van der Waals surface area contributed by atoms with E-state index in [1.165, 1.54) is 6.33 Å². The quantitative estimate of drug-likeness (QED) is 0.398. The van der Waals surface area contributed by atoms with E-state index in [-0.39, 0.29) is 18.4 Å². The summed E-state index contributed by atoms with van der Waals surface area (Å²) in [4.78, 5) is 12.3. The number of aryl methyl sites for hydroxylation is 1. The lowest BCUT2D eigenvalue weighted by atomic mass is 10.1. The Kier molecular flexibility index (Phi) is 5.28. The normalized spacial score (nSPS) is 11.6. The molecule has 0 amide bonds. The van der Waals surface area contributed by atoms with Gasteiger partial charge in [-0.15, -0.1) is 0 Å². The zero-order valence-corrected chi connectivity index (χ0v) is 17.5. The van der Waals surface area contributed by atoms with Crippen LogP contribution in [0.15, 0.2) is 59.6 Å². The van der Waals surface area contributed by atoms with Gasteiger partial charge in [0, 0.05) is 30.4 Å². The van der Waals surface area contributed by atoms with E-state index in [0.717, 1.165) is 23.9 Å². The van der Waals surface area contributed by atoms with Gasteiger partial charge in [0.25, 0.3) is 5.89 Å². The zero-order valence-electron chi connectivity index (χ0n) is 17.5. The van der Waals surface area contributed by atoms with Crippen LogP contribution >= 0.6 is 0 Å². The summed E-state index contributed by atoms with van der Waals surface area (Å²) in [6.45, 7) is -0.0249. The number of nitrogens with one attached hydrogen (secondary N) is 1. The fraction of sp³-hybridized carbons (Fsp3) is 0.143. The van der Waals surface area contributed by atoms with Crippen LogP contribution in [0.5, 0.6) is 5.88 Å². The molecule has 0 radical (unpaired) electrons. The van der Waals surface area contributed by atoms with Crippen molar-refractivity contribution in [2.45, 2.75) is 12.8 Å². The highest BCUT2D eigenvalue weighted by atomic mass is 19.4. The number of ether oxygens (including phenoxy) is 1. The van der Waals surface area contributed by atoms with Crippen molar-refractivity contribution >= 4 is 0 Å². The summed E-state index contributed by atoms with van der Waals surface area (Å²) < 4.78 is 50.7. The molecule has 5 rings (SSSR count). The number of hydrogen-bond donors (Lipinski definition) is 1. The van der Waals surface area contributed by atoms with Crippen LogP contribution < -0.4 is 4.74 Å². The minimum atomic E-state index is -4.47. The topological polar surface area (TPSA) is 120 Å². The first-order chi connectivity index (χ1) is 16.4. The number of aromatic amines is 1. The van der Waals surface area contributed by atoms with Crippen LogP contribution in [0.4, 0.5) is 13.2 Å². The molecule has 0 saturated heterocycles. The van der Waals surface area contributed by atoms with E-state index in [0.29, 0.717) is 28.5 Å². The second-order valence-electron chi connectivity index (χ2n) is 7.14. The number of pyridine rings is 1. The molecule has 1 aromatic carbocycles. The predicted molar refractivity (Wildman–Crippen MR) is 111 cm³/mol. The zero-order chi connectivity index (χ0) is 23.7. The number of nitrogens with zero attached hydrogens (tertiary/aromatic N) is 7. The molecule has 4 heterocycles. The van der Waals surface area contributed by atoms with E-state index in [2.05, 4.69) is 35.4 Å². The molecule has 0 aliphatic heterocycles. The van der Waals surface area contributed by atoms with Gasteiger partial charge in [0.2, 0.25) is 11.7 Å². The maximum atomic E-state index is 12.7. The first-order valence-corrected chi connectivity index (χ1v) is 9.85. The summed E-state index contributed by atoms with van der Waals surface area (Å²) in [6, 6.07) is 9.45. The fourth-order valence-electron chi connectivity index (χ4n) is 3.19. The Hall–Kier alpha value is -4.55. The maximum Gasteiger partial charge on any atom is 0.417 e. The van der Waals surface area contributed by atoms with E-state index in [9.17, 15) is 13.2 Å². The Bertz CT molecular complexity index is 1410. The van der Waals surface area contributed by atoms with E-state index < -0.39 is 11.7 Å². The Morgan fingerprint density at radius 3 is 2.68 bits per heavy atom. The minimum absolute atomic E-state index is 0.0249. The van der Waals surface area contributed by atoms with Gasteiger partial charge in [-0.25, -0.2) is 9.97 Å². The SMILES string of the molecule is Cn1ncc(-c2nc(-c3cccc(-c4ncn[nH]4)c3)no2)c1COc1ccc(C(F)(F)F)cn1. The first kappa shape index (κ1) is 21.3. The standard InChI is InChI=1S/C21H15F3N8O2/c1-32-16(10-33-17-6-5-14(8-25-17)21(22,23)24)15(9-28-32)20-29-19(31-34-20)13-4-2-3-12(7-13)18-26-11-27-30-18/h2-9,11H,10H2,1H3,(H,26,27,30). The van der Waals surface area contributed by atoms with Crippen LogP contribution in [0.1, 0.15) is 11.3 Å². The lowest BCUT2D eigenvalue weighted by Gasteiger charge is -2.09. The molecule has 10 nitrogen and oxygen atoms in total. The third kappa shape index (κ3) is 4.22. The van der Waals surface area contributed by atoms with Gasteiger partial charge in [0.05, 0.1) is 23.0 Å². The van der Waals surface area contributed by atoms with Gasteiger partial charge in [-0.2, -0.15) is 28.4 Å². The van der Waals surface area contributed by atoms with E-state index >= 15 is 0 Å². The summed E-state index contributed by atoms with van der Waals surface area (Å²) in [5.74, 6) is 1.22. The molecular formula is C21H15F3N8O2. The lowest BCUT2D eigenvalue weighted by molar-refractivity contribution is -0.137. The van der Waals surface area contributed by atoms with Gasteiger partial charge in [-0.1, -0.05) is 23.4 Å². The van der Waals surface area contributed by atoms with Gasteiger partial charge >= 0.3 is 6.18 Å². The van der Waals surface area contributed by atoms with Crippen LogP contribution in [0, 0.1) is 0 Å². The van der Waals surface area contributed by atoms with Crippen molar-refractivity contribution < 1.29 is 22.4 Å². The van der Waals surface area contributed by atoms with Crippen LogP contribution in [-0.4, -0.2) is 40.1 Å². The summed E-state index contributed by atoms with van der Waals surface area (Å²) in [6.07, 6.45) is -0.788. The smallest absolute Gasteiger partial charge is 0.417 e. The molecule has 172 valence electrons. The Morgan fingerprint density at radius 1 is 1.09 bits per heavy atom. The summed E-state index contributed by atoms with van der Waals surface area (Å²) in [5, 5.41) is 14.9. The molecule has 0 bridgehead atoms. The Balaban J connectivity index is 1.36. The minimum Gasteiger partial charge on any atom is -0.471 e. The molecular weight excluding hydrogens is 453 g/mol. The molecule has 0 spiro atoms. The highest BCUT2D eigenvalue weighted by Crippen LogP contribution is 2.30. The highest BCUT2D eigenvalue weighted by molar-refractivity contribution is 5.67. The number of alkyl halides is 3. The summed E-state index contributed by atoms with van der Waals surface area (Å²) in [7, 11) is 1.69. The summed E-state index contributed by atoms with van der Waals surface area (Å²) >= 11 is 0. The van der Waals surface area contributed by atoms with Gasteiger partial charge in [0.1, 0.15) is 12.9 Å². The van der Waals surface area contributed by atoms with E-state index in [4.69, 9.17) is 9.26 Å². The van der Waals surface area contributed by atoms with Crippen LogP contribution in [0.2, 0.25) is 0 Å². The van der Waals surface area contributed by atoms with Crippen molar-refractivity contribution in [2.24, 2.45) is 7.05 Å². The number of halogens is 3. The third-order valence-electron chi connectivity index (χ3n) is 4.95. The summed E-state index contributed by atoms with van der Waals surface area (Å²) in [5.41, 5.74) is 1.76. The van der Waals surface area contributed by atoms with Gasteiger partial charge in [-0.05, 0) is 12.1 Å². The molecule has 34 heavy (non-hydrogen) atoms. The first-order valence-electron chi connectivity index (χ1n) is 9.85. The number of aromatic nitrogens is 8. The second kappa shape index (κ2) is 8.42. The van der Waals surface area contributed by atoms with Crippen LogP contribution in [0.3, 0.4) is 0 Å². The maximum absolute atomic E-state index is 12.7. The van der Waals surface area contributed by atoms with Crippen molar-refractivity contribution in [2.75, 3.05) is 0 Å². The van der Waals surface area contributed by atoms with Crippen molar-refractivity contribution in [3.8, 4) is 40.1 Å². The number of rotatable bonds is 6. The van der Waals surface area contributed by atoms with Gasteiger partial charge < -0.3 is 9.26 Å². The molecule has 0 fully saturated rings. The molecule has 0 atom stereocenters. The Labute approximate surface area is 189 Å². The molecule has 0 aliphatic rings. The second-order valence-corrected chi connectivity index (χ2v) is 7.14. The van der Waals surface area contributed by atoms with E-state index in [1.54, 1.807) is 17.9 Å². The van der Waals surface area contributed by atoms with Crippen molar-refractivity contribution in [1.29, 1.82) is 0 Å². The molecule has 13 heteroatoms. The predicted octanol–water partition coefficient (Wildman–Crippen LogP) is 3.92. The Morgan fingerprint density at radius 2 is 1.94 bits per heavy atom. The average Bonchev–Trinajstić information content (AvgIpc) is 3.59. The molecule has 0 saturated carbocycles. The van der Waals surface area contributed by atoms with E-state index in [1.807, 2.05) is 24.3 Å². The molecule has 1 N–H and O–H groups in total. The monoisotopic (exact) mass is 468 g/mol. The van der Waals surface area contributed by atoms with Crippen molar-refractivity contribution in [1.82, 2.24) is 40.1 Å². The van der Waals surface area contributed by atoms with Gasteiger partial charge in [-0.3, -0.25) is 9.78 Å². The molecule has 5 aromatic rings. The van der Waals surface area contributed by atoms with Crippen LogP contribution in [-0.2, 0) is 19.8 Å². The lowest BCUT2D eigenvalue weighted by Crippen LogP contribution is -2.07. The van der Waals surface area contributed by atoms with Crippen molar-refractivity contribution in [3.05, 3.63) is 66.4 Å². The number of H-pyrrole nitrogens is 1. The molecule has 0 aliphatic carbocycles. The largest absolute Gasteiger partial charge is 0.471 e.